The number of hydrogen-bond acceptors (Lipinski definition) is 6. The molecule has 12 heteroatoms. The number of halogens is 5. The summed E-state index contributed by atoms with van der Waals surface area (Å²) >= 11 is 12.8. The average Bonchev–Trinajstić information content (AvgIpc) is 2.93. The number of carbonyl (C=O) groups is 2. The molecule has 1 amide bonds. The van der Waals surface area contributed by atoms with Crippen molar-refractivity contribution < 1.29 is 32.2 Å². The fraction of sp³-hybridized carbons (Fsp3) is 0.241. The van der Waals surface area contributed by atoms with Gasteiger partial charge in [-0.05, 0) is 55.0 Å². The minimum absolute atomic E-state index is 0.0226. The van der Waals surface area contributed by atoms with E-state index in [1.165, 1.54) is 24.1 Å². The van der Waals surface area contributed by atoms with Gasteiger partial charge in [0.05, 0.1) is 5.56 Å². The van der Waals surface area contributed by atoms with Crippen LogP contribution in [0.4, 0.5) is 24.5 Å². The van der Waals surface area contributed by atoms with Gasteiger partial charge in [-0.3, -0.25) is 4.79 Å². The molecule has 3 aromatic rings. The molecule has 0 spiro atoms. The van der Waals surface area contributed by atoms with E-state index in [2.05, 4.69) is 5.32 Å². The molecule has 0 fully saturated rings. The van der Waals surface area contributed by atoms with Gasteiger partial charge in [0.15, 0.2) is 11.0 Å². The molecule has 0 saturated heterocycles. The van der Waals surface area contributed by atoms with Gasteiger partial charge in [0.25, 0.3) is 5.91 Å². The quantitative estimate of drug-likeness (QED) is 0.134. The van der Waals surface area contributed by atoms with Crippen LogP contribution >= 0.6 is 23.2 Å². The lowest BCUT2D eigenvalue weighted by atomic mass is 10.0. The van der Waals surface area contributed by atoms with E-state index >= 15 is 0 Å². The first-order valence-electron chi connectivity index (χ1n) is 12.3. The van der Waals surface area contributed by atoms with Crippen molar-refractivity contribution in [2.45, 2.75) is 37.4 Å². The molecule has 0 radical (unpaired) electrons. The number of hydrogen-bond donors (Lipinski definition) is 2. The predicted molar refractivity (Wildman–Crippen MR) is 151 cm³/mol. The van der Waals surface area contributed by atoms with E-state index in [1.54, 1.807) is 49.4 Å². The van der Waals surface area contributed by atoms with Crippen LogP contribution in [0.5, 0.6) is 0 Å². The maximum Gasteiger partial charge on any atom is 0.416 e. The Hall–Kier alpha value is -3.73. The third kappa shape index (κ3) is 7.13. The molecule has 3 N–H and O–H groups in total. The second kappa shape index (κ2) is 12.0. The zero-order valence-electron chi connectivity index (χ0n) is 22.0. The number of fused-ring (bicyclic) bond motifs is 1. The largest absolute Gasteiger partial charge is 0.489 e. The number of alkyl halides is 4. The minimum Gasteiger partial charge on any atom is -0.489 e. The first-order chi connectivity index (χ1) is 19.3. The lowest BCUT2D eigenvalue weighted by molar-refractivity contribution is -0.149. The molecule has 0 bridgehead atoms. The molecule has 0 saturated carbocycles. The fourth-order valence-corrected chi connectivity index (χ4v) is 4.55. The van der Waals surface area contributed by atoms with Crippen LogP contribution in [0.3, 0.4) is 0 Å². The topological polar surface area (TPSA) is 93.9 Å². The molecule has 0 aromatic heterocycles. The van der Waals surface area contributed by atoms with Gasteiger partial charge < -0.3 is 25.4 Å². The zero-order chi connectivity index (χ0) is 29.9. The number of nitrogens with one attached hydrogen (secondary N) is 1. The summed E-state index contributed by atoms with van der Waals surface area (Å²) < 4.78 is 50.0. The van der Waals surface area contributed by atoms with Crippen LogP contribution in [0, 0.1) is 0 Å². The van der Waals surface area contributed by atoms with Gasteiger partial charge in [0.2, 0.25) is 0 Å². The number of amides is 1. The molecule has 2 unspecified atom stereocenters. The number of likely N-dealkylation sites (N-methyl/N-ethyl adjacent to an activating group) is 1. The van der Waals surface area contributed by atoms with E-state index in [9.17, 15) is 22.8 Å². The highest BCUT2D eigenvalue weighted by Gasteiger charge is 2.34. The number of nitrogens with zero attached hydrogens (tertiary/aromatic N) is 1. The summed E-state index contributed by atoms with van der Waals surface area (Å²) in [6.45, 7) is 1.28. The van der Waals surface area contributed by atoms with Crippen molar-refractivity contribution in [3.05, 3.63) is 99.8 Å². The number of rotatable bonds is 8. The van der Waals surface area contributed by atoms with Crippen LogP contribution in [0.1, 0.15) is 29.2 Å². The lowest BCUT2D eigenvalue weighted by Gasteiger charge is -2.33. The van der Waals surface area contributed by atoms with Crippen molar-refractivity contribution in [3.63, 3.8) is 0 Å². The van der Waals surface area contributed by atoms with E-state index in [-0.39, 0.29) is 12.2 Å². The third-order valence-electron chi connectivity index (χ3n) is 6.35. The van der Waals surface area contributed by atoms with Crippen LogP contribution in [0.25, 0.3) is 6.08 Å². The second-order valence-electron chi connectivity index (χ2n) is 9.47. The number of anilines is 2. The molecule has 1 aliphatic rings. The Morgan fingerprint density at radius 1 is 1.07 bits per heavy atom. The van der Waals surface area contributed by atoms with Gasteiger partial charge in [-0.2, -0.15) is 13.2 Å². The smallest absolute Gasteiger partial charge is 0.416 e. The first kappa shape index (κ1) is 30.2. The predicted octanol–water partition coefficient (Wildman–Crippen LogP) is 6.33. The average molecular weight is 608 g/mol. The summed E-state index contributed by atoms with van der Waals surface area (Å²) in [5.41, 5.74) is 7.69. The Morgan fingerprint density at radius 3 is 2.54 bits per heavy atom. The number of nitrogens with two attached hydrogens (primary N) is 1. The summed E-state index contributed by atoms with van der Waals surface area (Å²) in [6.07, 6.45) is -2.77. The monoisotopic (exact) mass is 607 g/mol. The summed E-state index contributed by atoms with van der Waals surface area (Å²) in [6, 6.07) is 14.8. The molecule has 2 atom stereocenters. The van der Waals surface area contributed by atoms with Crippen molar-refractivity contribution in [1.29, 1.82) is 0 Å². The van der Waals surface area contributed by atoms with Crippen LogP contribution < -0.4 is 16.0 Å². The van der Waals surface area contributed by atoms with Crippen LogP contribution in [0.2, 0.25) is 5.02 Å². The highest BCUT2D eigenvalue weighted by Crippen LogP contribution is 2.38. The fourth-order valence-electron chi connectivity index (χ4n) is 4.16. The van der Waals surface area contributed by atoms with E-state index in [0.29, 0.717) is 22.0 Å². The molecule has 1 heterocycles. The van der Waals surface area contributed by atoms with Gasteiger partial charge in [-0.15, -0.1) is 0 Å². The molecular weight excluding hydrogens is 582 g/mol. The number of esters is 1. The number of carbonyl (C=O) groups excluding carboxylic acids is 2. The molecule has 216 valence electrons. The molecule has 41 heavy (non-hydrogen) atoms. The van der Waals surface area contributed by atoms with Crippen molar-refractivity contribution in [2.24, 2.45) is 5.73 Å². The number of ether oxygens (including phenoxy) is 2. The van der Waals surface area contributed by atoms with Crippen molar-refractivity contribution in [2.75, 3.05) is 17.3 Å². The Bertz CT molecular complexity index is 1490. The third-order valence-corrected chi connectivity index (χ3v) is 6.87. The standard InChI is InChI=1S/C29H26Cl2F3N3O4/c1-28(31)24(14-19-13-21(30)10-11-22(19)36-28)40-16-18-7-3-4-9-23(18)37(2)26(38)25(35)27(39)41-15-17-6-5-8-20(12-17)29(32,33)34/h3-14,25,36H,15-16,35H2,1-2H3. The van der Waals surface area contributed by atoms with Gasteiger partial charge in [0.1, 0.15) is 19.0 Å². The normalized spacial score (nSPS) is 17.0. The SMILES string of the molecule is CN(C(=O)C(N)C(=O)OCc1cccc(C(F)(F)F)c1)c1ccccc1COC1=Cc2cc(Cl)ccc2NC1(C)Cl. The van der Waals surface area contributed by atoms with E-state index in [4.69, 9.17) is 38.4 Å². The minimum atomic E-state index is -4.54. The second-order valence-corrected chi connectivity index (χ2v) is 10.7. The molecule has 0 aliphatic carbocycles. The first-order valence-corrected chi connectivity index (χ1v) is 13.1. The van der Waals surface area contributed by atoms with Gasteiger partial charge >= 0.3 is 12.1 Å². The summed E-state index contributed by atoms with van der Waals surface area (Å²) in [5.74, 6) is -1.44. The van der Waals surface area contributed by atoms with Gasteiger partial charge in [0, 0.05) is 34.6 Å². The van der Waals surface area contributed by atoms with Crippen LogP contribution in [-0.4, -0.2) is 30.0 Å². The molecule has 3 aromatic carbocycles. The van der Waals surface area contributed by atoms with E-state index in [0.717, 1.165) is 23.4 Å². The lowest BCUT2D eigenvalue weighted by Crippen LogP contribution is -2.48. The molecule has 1 aliphatic heterocycles. The summed E-state index contributed by atoms with van der Waals surface area (Å²) in [4.78, 5) is 25.7. The highest BCUT2D eigenvalue weighted by atomic mass is 35.5. The molecular formula is C29H26Cl2F3N3O4. The molecule has 7 nitrogen and oxygen atoms in total. The Balaban J connectivity index is 1.43. The highest BCUT2D eigenvalue weighted by molar-refractivity contribution is 6.31. The Morgan fingerprint density at radius 2 is 1.80 bits per heavy atom. The van der Waals surface area contributed by atoms with Gasteiger partial charge in [-0.25, -0.2) is 4.79 Å². The summed E-state index contributed by atoms with van der Waals surface area (Å²) in [7, 11) is 1.44. The van der Waals surface area contributed by atoms with Crippen molar-refractivity contribution in [1.82, 2.24) is 0 Å². The Labute approximate surface area is 244 Å². The van der Waals surface area contributed by atoms with E-state index < -0.39 is 41.3 Å². The van der Waals surface area contributed by atoms with Gasteiger partial charge in [-0.1, -0.05) is 53.5 Å². The maximum atomic E-state index is 13.1. The van der Waals surface area contributed by atoms with E-state index in [1.807, 2.05) is 6.07 Å². The number of benzene rings is 3. The van der Waals surface area contributed by atoms with Crippen LogP contribution in [0.15, 0.2) is 72.5 Å². The molecule has 4 rings (SSSR count). The van der Waals surface area contributed by atoms with Crippen LogP contribution in [-0.2, 0) is 38.5 Å². The van der Waals surface area contributed by atoms with Crippen molar-refractivity contribution in [3.8, 4) is 0 Å². The Kier molecular flexibility index (Phi) is 8.86. The zero-order valence-corrected chi connectivity index (χ0v) is 23.5. The number of para-hydroxylation sites is 1. The maximum absolute atomic E-state index is 13.1. The van der Waals surface area contributed by atoms with Crippen molar-refractivity contribution >= 4 is 52.5 Å². The summed E-state index contributed by atoms with van der Waals surface area (Å²) in [5, 5.41) is 3.74.